The first kappa shape index (κ1) is 40.5. The van der Waals surface area contributed by atoms with Crippen LogP contribution in [0.5, 0.6) is 5.75 Å². The summed E-state index contributed by atoms with van der Waals surface area (Å²) >= 11 is 3.20. The second-order valence-electron chi connectivity index (χ2n) is 13.9. The van der Waals surface area contributed by atoms with Gasteiger partial charge in [-0.3, -0.25) is 16.2 Å². The standard InChI is InChI=1S/C39H46FN9O4S3/c1-7-26-11-10-25(20-32(26)48-35(42)54-44(8-2)37(48)50)16-18-46-39(52)47(34(41)56-46)31-15-13-28(22-30(31)24(5)6)53-19-9-17-45-38(51)49(36(43)55-45)33-21-27(40)12-14-29(33)23(3)4/h10-15,20-24,41-43H,7-9,16-19H2,1-6H3. The van der Waals surface area contributed by atoms with Crippen LogP contribution in [0.4, 0.5) is 4.39 Å². The van der Waals surface area contributed by atoms with E-state index in [1.807, 2.05) is 65.8 Å². The van der Waals surface area contributed by atoms with Gasteiger partial charge in [0.2, 0.25) is 14.4 Å². The van der Waals surface area contributed by atoms with E-state index in [4.69, 9.17) is 21.0 Å². The molecule has 0 aliphatic rings. The molecule has 3 aromatic heterocycles. The van der Waals surface area contributed by atoms with E-state index in [9.17, 15) is 18.8 Å². The van der Waals surface area contributed by atoms with Crippen LogP contribution in [0, 0.1) is 22.0 Å². The number of benzene rings is 3. The van der Waals surface area contributed by atoms with Crippen LogP contribution in [0.25, 0.3) is 17.1 Å². The number of nitrogens with zero attached hydrogens (tertiary/aromatic N) is 6. The summed E-state index contributed by atoms with van der Waals surface area (Å²) in [4.78, 5) is 40.4. The first-order valence-electron chi connectivity index (χ1n) is 18.6. The number of aryl methyl sites for hydroxylation is 5. The van der Waals surface area contributed by atoms with Gasteiger partial charge in [0.1, 0.15) is 11.6 Å². The van der Waals surface area contributed by atoms with Gasteiger partial charge in [0.25, 0.3) is 0 Å². The molecule has 3 N–H and O–H groups in total. The fraction of sp³-hybridized carbons (Fsp3) is 0.385. The van der Waals surface area contributed by atoms with Gasteiger partial charge >= 0.3 is 17.1 Å². The molecule has 0 radical (unpaired) electrons. The van der Waals surface area contributed by atoms with Crippen molar-refractivity contribution in [2.24, 2.45) is 0 Å². The Labute approximate surface area is 334 Å². The number of hydrogen-bond acceptors (Lipinski definition) is 10. The molecule has 6 aromatic rings. The SMILES string of the molecule is CCc1ccc(CCn2sc(=N)n(-c3ccc(OCCCn4sc(=N)n(-c5cc(F)ccc5C(C)C)c4=O)cc3C(C)C)c2=O)cc1-n1c(=N)sn(CC)c1=O. The van der Waals surface area contributed by atoms with Crippen LogP contribution in [-0.2, 0) is 32.5 Å². The van der Waals surface area contributed by atoms with Crippen LogP contribution in [0.2, 0.25) is 0 Å². The minimum absolute atomic E-state index is 0.00620. The second kappa shape index (κ2) is 16.9. The van der Waals surface area contributed by atoms with Crippen molar-refractivity contribution in [3.05, 3.63) is 129 Å². The minimum Gasteiger partial charge on any atom is -0.494 e. The molecule has 6 rings (SSSR count). The van der Waals surface area contributed by atoms with E-state index in [-0.39, 0.29) is 44.2 Å². The van der Waals surface area contributed by atoms with E-state index in [1.54, 1.807) is 26.1 Å². The van der Waals surface area contributed by atoms with E-state index in [0.29, 0.717) is 61.7 Å². The van der Waals surface area contributed by atoms with Crippen LogP contribution < -0.4 is 36.2 Å². The Balaban J connectivity index is 1.16. The van der Waals surface area contributed by atoms with Crippen molar-refractivity contribution >= 4 is 34.6 Å². The Morgan fingerprint density at radius 2 is 1.25 bits per heavy atom. The molecule has 0 aliphatic heterocycles. The fourth-order valence-corrected chi connectivity index (χ4v) is 9.07. The first-order chi connectivity index (χ1) is 26.7. The van der Waals surface area contributed by atoms with E-state index < -0.39 is 11.5 Å². The predicted molar refractivity (Wildman–Crippen MR) is 218 cm³/mol. The Kier molecular flexibility index (Phi) is 12.3. The Morgan fingerprint density at radius 3 is 1.86 bits per heavy atom. The van der Waals surface area contributed by atoms with Gasteiger partial charge in [-0.1, -0.05) is 52.8 Å². The van der Waals surface area contributed by atoms with Gasteiger partial charge in [0.15, 0.2) is 0 Å². The molecule has 296 valence electrons. The van der Waals surface area contributed by atoms with Gasteiger partial charge in [-0.15, -0.1) is 0 Å². The molecule has 0 amide bonds. The third kappa shape index (κ3) is 8.06. The summed E-state index contributed by atoms with van der Waals surface area (Å²) in [7, 11) is 0. The maximum absolute atomic E-state index is 14.2. The molecule has 0 aliphatic carbocycles. The topological polar surface area (TPSA) is 162 Å². The number of aromatic nitrogens is 6. The lowest BCUT2D eigenvalue weighted by molar-refractivity contribution is 0.302. The van der Waals surface area contributed by atoms with Gasteiger partial charge in [-0.2, -0.15) is 0 Å². The number of hydrogen-bond donors (Lipinski definition) is 3. The van der Waals surface area contributed by atoms with Crippen LogP contribution >= 0.6 is 34.6 Å². The first-order valence-corrected chi connectivity index (χ1v) is 20.9. The second-order valence-corrected chi connectivity index (χ2v) is 17.0. The van der Waals surface area contributed by atoms with E-state index in [2.05, 4.69) is 0 Å². The van der Waals surface area contributed by atoms with Gasteiger partial charge in [0.05, 0.1) is 23.7 Å². The normalized spacial score (nSPS) is 11.7. The monoisotopic (exact) mass is 819 g/mol. The zero-order valence-corrected chi connectivity index (χ0v) is 34.7. The summed E-state index contributed by atoms with van der Waals surface area (Å²) in [5.74, 6) is 0.164. The molecular weight excluding hydrogens is 774 g/mol. The zero-order valence-electron chi connectivity index (χ0n) is 32.2. The summed E-state index contributed by atoms with van der Waals surface area (Å²) in [6.07, 6.45) is 1.67. The van der Waals surface area contributed by atoms with E-state index in [0.717, 1.165) is 56.9 Å². The maximum atomic E-state index is 14.2. The molecule has 0 bridgehead atoms. The van der Waals surface area contributed by atoms with Crippen molar-refractivity contribution in [1.29, 1.82) is 16.2 Å². The van der Waals surface area contributed by atoms with Gasteiger partial charge in [0, 0.05) is 26.1 Å². The van der Waals surface area contributed by atoms with Crippen molar-refractivity contribution in [3.8, 4) is 22.8 Å². The highest BCUT2D eigenvalue weighted by Crippen LogP contribution is 2.27. The molecule has 0 spiro atoms. The van der Waals surface area contributed by atoms with Crippen LogP contribution in [0.15, 0.2) is 69.0 Å². The van der Waals surface area contributed by atoms with Crippen molar-refractivity contribution < 1.29 is 9.13 Å². The average Bonchev–Trinajstić information content (AvgIpc) is 3.74. The lowest BCUT2D eigenvalue weighted by Gasteiger charge is -2.15. The highest BCUT2D eigenvalue weighted by atomic mass is 32.1. The van der Waals surface area contributed by atoms with Crippen LogP contribution in [-0.4, -0.2) is 32.2 Å². The van der Waals surface area contributed by atoms with Crippen molar-refractivity contribution in [3.63, 3.8) is 0 Å². The van der Waals surface area contributed by atoms with Gasteiger partial charge < -0.3 is 4.74 Å². The zero-order chi connectivity index (χ0) is 40.4. The van der Waals surface area contributed by atoms with Gasteiger partial charge in [-0.05, 0) is 125 Å². The summed E-state index contributed by atoms with van der Waals surface area (Å²) in [5.41, 5.74) is 4.19. The molecule has 0 fully saturated rings. The summed E-state index contributed by atoms with van der Waals surface area (Å²) in [5, 5.41) is 25.7. The molecule has 56 heavy (non-hydrogen) atoms. The maximum Gasteiger partial charge on any atom is 0.344 e. The molecule has 17 heteroatoms. The quantitative estimate of drug-likeness (QED) is 0.111. The highest BCUT2D eigenvalue weighted by Gasteiger charge is 2.19. The molecule has 0 saturated heterocycles. The molecule has 0 atom stereocenters. The number of halogens is 1. The third-order valence-electron chi connectivity index (χ3n) is 9.57. The van der Waals surface area contributed by atoms with Crippen molar-refractivity contribution in [1.82, 2.24) is 25.6 Å². The third-order valence-corrected chi connectivity index (χ3v) is 12.4. The summed E-state index contributed by atoms with van der Waals surface area (Å²) in [6, 6.07) is 15.6. The number of rotatable bonds is 15. The largest absolute Gasteiger partial charge is 0.494 e. The van der Waals surface area contributed by atoms with Crippen molar-refractivity contribution in [2.45, 2.75) is 92.3 Å². The Bertz CT molecular complexity index is 2750. The van der Waals surface area contributed by atoms with Crippen LogP contribution in [0.1, 0.15) is 82.1 Å². The minimum atomic E-state index is -0.469. The fourth-order valence-electron chi connectivity index (χ4n) is 6.66. The molecule has 0 unspecified atom stereocenters. The van der Waals surface area contributed by atoms with E-state index >= 15 is 0 Å². The highest BCUT2D eigenvalue weighted by molar-refractivity contribution is 7.03. The molecular formula is C39H46FN9O4S3. The van der Waals surface area contributed by atoms with Crippen LogP contribution in [0.3, 0.4) is 0 Å². The van der Waals surface area contributed by atoms with Crippen molar-refractivity contribution in [2.75, 3.05) is 6.61 Å². The lowest BCUT2D eigenvalue weighted by Crippen LogP contribution is -2.29. The Hall–Kier alpha value is -5.13. The Morgan fingerprint density at radius 1 is 0.661 bits per heavy atom. The lowest BCUT2D eigenvalue weighted by atomic mass is 10.0. The molecule has 13 nitrogen and oxygen atoms in total. The smallest absolute Gasteiger partial charge is 0.344 e. The summed E-state index contributed by atoms with van der Waals surface area (Å²) in [6.45, 7) is 13.3. The molecule has 3 aromatic carbocycles. The number of nitrogens with one attached hydrogen (secondary N) is 3. The molecule has 0 saturated carbocycles. The molecule has 3 heterocycles. The van der Waals surface area contributed by atoms with E-state index in [1.165, 1.54) is 29.8 Å². The van der Waals surface area contributed by atoms with Gasteiger partial charge in [-0.25, -0.2) is 44.3 Å². The predicted octanol–water partition coefficient (Wildman–Crippen LogP) is 5.85. The summed E-state index contributed by atoms with van der Waals surface area (Å²) < 4.78 is 29.0. The number of ether oxygens (including phenoxy) is 1. The average molecular weight is 820 g/mol.